The molecule has 2 fully saturated rings. The molecule has 3 rings (SSSR count). The van der Waals surface area contributed by atoms with Crippen LogP contribution in [0.4, 0.5) is 5.69 Å². The van der Waals surface area contributed by atoms with Crippen molar-refractivity contribution in [2.75, 3.05) is 18.0 Å². The normalized spacial score (nSPS) is 29.5. The van der Waals surface area contributed by atoms with Crippen LogP contribution in [-0.2, 0) is 0 Å². The lowest BCUT2D eigenvalue weighted by atomic mass is 9.94. The average molecular weight is 231 g/mol. The summed E-state index contributed by atoms with van der Waals surface area (Å²) in [5, 5.41) is 3.67. The van der Waals surface area contributed by atoms with Gasteiger partial charge in [0.1, 0.15) is 0 Å². The minimum absolute atomic E-state index is 0.689. The van der Waals surface area contributed by atoms with Gasteiger partial charge in [-0.05, 0) is 50.8 Å². The maximum Gasteiger partial charge on any atom is 0.0443 e. The van der Waals surface area contributed by atoms with E-state index in [0.717, 1.165) is 0 Å². The molecule has 0 spiro atoms. The van der Waals surface area contributed by atoms with Crippen molar-refractivity contribution in [1.82, 2.24) is 10.3 Å². The molecule has 17 heavy (non-hydrogen) atoms. The molecule has 1 aromatic heterocycles. The maximum atomic E-state index is 4.12. The highest BCUT2D eigenvalue weighted by molar-refractivity contribution is 5.46. The SMILES string of the molecule is c1cc(N2CCCCC2C2CCCN2)ccn1. The first-order chi connectivity index (χ1) is 8.45. The molecule has 2 aliphatic rings. The Bertz CT molecular complexity index is 346. The highest BCUT2D eigenvalue weighted by Gasteiger charge is 2.31. The van der Waals surface area contributed by atoms with Crippen LogP contribution in [0, 0.1) is 0 Å². The van der Waals surface area contributed by atoms with Crippen molar-refractivity contribution in [1.29, 1.82) is 0 Å². The standard InChI is InChI=1S/C14H21N3/c1-2-11-17(12-6-9-15-10-7-12)14(5-1)13-4-3-8-16-13/h6-7,9-10,13-14,16H,1-5,8,11H2. The fourth-order valence-corrected chi connectivity index (χ4v) is 3.27. The van der Waals surface area contributed by atoms with Crippen LogP contribution in [0.2, 0.25) is 0 Å². The molecule has 1 N–H and O–H groups in total. The number of aromatic nitrogens is 1. The summed E-state index contributed by atoms with van der Waals surface area (Å²) in [7, 11) is 0. The summed E-state index contributed by atoms with van der Waals surface area (Å²) >= 11 is 0. The number of nitrogens with one attached hydrogen (secondary N) is 1. The van der Waals surface area contributed by atoms with Crippen LogP contribution in [0.15, 0.2) is 24.5 Å². The van der Waals surface area contributed by atoms with Crippen LogP contribution in [0.5, 0.6) is 0 Å². The third-order valence-corrected chi connectivity index (χ3v) is 4.11. The summed E-state index contributed by atoms with van der Waals surface area (Å²) in [6.07, 6.45) is 10.5. The van der Waals surface area contributed by atoms with Gasteiger partial charge >= 0.3 is 0 Å². The number of pyridine rings is 1. The van der Waals surface area contributed by atoms with Gasteiger partial charge in [0, 0.05) is 36.7 Å². The van der Waals surface area contributed by atoms with Gasteiger partial charge in [-0.15, -0.1) is 0 Å². The number of nitrogens with zero attached hydrogens (tertiary/aromatic N) is 2. The van der Waals surface area contributed by atoms with Crippen molar-refractivity contribution >= 4 is 5.69 Å². The van der Waals surface area contributed by atoms with E-state index in [9.17, 15) is 0 Å². The quantitative estimate of drug-likeness (QED) is 0.845. The zero-order valence-electron chi connectivity index (χ0n) is 10.3. The second kappa shape index (κ2) is 5.05. The fourth-order valence-electron chi connectivity index (χ4n) is 3.27. The first kappa shape index (κ1) is 11.0. The lowest BCUT2D eigenvalue weighted by Crippen LogP contribution is -2.50. The molecule has 3 heteroatoms. The van der Waals surface area contributed by atoms with Crippen molar-refractivity contribution in [3.63, 3.8) is 0 Å². The molecule has 3 heterocycles. The third-order valence-electron chi connectivity index (χ3n) is 4.11. The average Bonchev–Trinajstić information content (AvgIpc) is 2.94. The fraction of sp³-hybridized carbons (Fsp3) is 0.643. The van der Waals surface area contributed by atoms with Crippen LogP contribution in [0.3, 0.4) is 0 Å². The molecule has 0 bridgehead atoms. The maximum absolute atomic E-state index is 4.12. The van der Waals surface area contributed by atoms with Gasteiger partial charge in [-0.3, -0.25) is 4.98 Å². The van der Waals surface area contributed by atoms with Gasteiger partial charge in [0.25, 0.3) is 0 Å². The smallest absolute Gasteiger partial charge is 0.0443 e. The molecular weight excluding hydrogens is 210 g/mol. The van der Waals surface area contributed by atoms with Gasteiger partial charge in [0.2, 0.25) is 0 Å². The van der Waals surface area contributed by atoms with Crippen LogP contribution in [0.25, 0.3) is 0 Å². The van der Waals surface area contributed by atoms with E-state index < -0.39 is 0 Å². The number of hydrogen-bond donors (Lipinski definition) is 1. The predicted molar refractivity (Wildman–Crippen MR) is 70.2 cm³/mol. The Labute approximate surface area is 103 Å². The molecule has 0 saturated carbocycles. The number of piperidine rings is 1. The van der Waals surface area contributed by atoms with E-state index in [4.69, 9.17) is 0 Å². The number of hydrogen-bond acceptors (Lipinski definition) is 3. The van der Waals surface area contributed by atoms with E-state index in [1.807, 2.05) is 12.4 Å². The molecule has 0 radical (unpaired) electrons. The van der Waals surface area contributed by atoms with E-state index >= 15 is 0 Å². The van der Waals surface area contributed by atoms with Crippen molar-refractivity contribution in [2.45, 2.75) is 44.2 Å². The Kier molecular flexibility index (Phi) is 3.27. The summed E-state index contributed by atoms with van der Waals surface area (Å²) in [6.45, 7) is 2.40. The predicted octanol–water partition coefficient (Wildman–Crippen LogP) is 2.19. The zero-order valence-corrected chi connectivity index (χ0v) is 10.3. The van der Waals surface area contributed by atoms with Crippen LogP contribution < -0.4 is 10.2 Å². The highest BCUT2D eigenvalue weighted by atomic mass is 15.2. The number of rotatable bonds is 2. The Morgan fingerprint density at radius 1 is 1.12 bits per heavy atom. The summed E-state index contributed by atoms with van der Waals surface area (Å²) in [6, 6.07) is 5.68. The van der Waals surface area contributed by atoms with Gasteiger partial charge in [0.15, 0.2) is 0 Å². The molecule has 92 valence electrons. The topological polar surface area (TPSA) is 28.2 Å². The Morgan fingerprint density at radius 2 is 2.00 bits per heavy atom. The zero-order chi connectivity index (χ0) is 11.5. The molecular formula is C14H21N3. The van der Waals surface area contributed by atoms with E-state index in [-0.39, 0.29) is 0 Å². The molecule has 0 aliphatic carbocycles. The second-order valence-corrected chi connectivity index (χ2v) is 5.16. The second-order valence-electron chi connectivity index (χ2n) is 5.16. The molecule has 0 amide bonds. The summed E-state index contributed by atoms with van der Waals surface area (Å²) in [5.74, 6) is 0. The first-order valence-electron chi connectivity index (χ1n) is 6.85. The Hall–Kier alpha value is -1.09. The van der Waals surface area contributed by atoms with Gasteiger partial charge < -0.3 is 10.2 Å². The summed E-state index contributed by atoms with van der Waals surface area (Å²) < 4.78 is 0. The third kappa shape index (κ3) is 2.29. The Morgan fingerprint density at radius 3 is 2.76 bits per heavy atom. The van der Waals surface area contributed by atoms with Gasteiger partial charge in [-0.1, -0.05) is 0 Å². The molecule has 1 aromatic rings. The van der Waals surface area contributed by atoms with E-state index in [1.54, 1.807) is 0 Å². The van der Waals surface area contributed by atoms with Gasteiger partial charge in [-0.2, -0.15) is 0 Å². The minimum atomic E-state index is 0.689. The largest absolute Gasteiger partial charge is 0.367 e. The summed E-state index contributed by atoms with van der Waals surface area (Å²) in [4.78, 5) is 6.71. The van der Waals surface area contributed by atoms with E-state index in [0.29, 0.717) is 12.1 Å². The number of anilines is 1. The van der Waals surface area contributed by atoms with Crippen molar-refractivity contribution < 1.29 is 0 Å². The van der Waals surface area contributed by atoms with Crippen molar-refractivity contribution in [2.24, 2.45) is 0 Å². The van der Waals surface area contributed by atoms with Crippen molar-refractivity contribution in [3.8, 4) is 0 Å². The van der Waals surface area contributed by atoms with E-state index in [2.05, 4.69) is 27.3 Å². The lowest BCUT2D eigenvalue weighted by molar-refractivity contribution is 0.378. The van der Waals surface area contributed by atoms with Crippen molar-refractivity contribution in [3.05, 3.63) is 24.5 Å². The van der Waals surface area contributed by atoms with Gasteiger partial charge in [0.05, 0.1) is 0 Å². The Balaban J connectivity index is 1.80. The highest BCUT2D eigenvalue weighted by Crippen LogP contribution is 2.28. The summed E-state index contributed by atoms with van der Waals surface area (Å²) in [5.41, 5.74) is 1.35. The van der Waals surface area contributed by atoms with Crippen LogP contribution >= 0.6 is 0 Å². The lowest BCUT2D eigenvalue weighted by Gasteiger charge is -2.41. The molecule has 2 aliphatic heterocycles. The van der Waals surface area contributed by atoms with Crippen LogP contribution in [0.1, 0.15) is 32.1 Å². The molecule has 3 nitrogen and oxygen atoms in total. The minimum Gasteiger partial charge on any atom is -0.367 e. The monoisotopic (exact) mass is 231 g/mol. The van der Waals surface area contributed by atoms with Crippen LogP contribution in [-0.4, -0.2) is 30.2 Å². The van der Waals surface area contributed by atoms with E-state index in [1.165, 1.54) is 50.9 Å². The molecule has 2 atom stereocenters. The van der Waals surface area contributed by atoms with Gasteiger partial charge in [-0.25, -0.2) is 0 Å². The molecule has 2 unspecified atom stereocenters. The molecule has 2 saturated heterocycles. The first-order valence-corrected chi connectivity index (χ1v) is 6.85. The molecule has 0 aromatic carbocycles.